The van der Waals surface area contributed by atoms with E-state index in [0.717, 1.165) is 0 Å². The zero-order chi connectivity index (χ0) is 11.6. The van der Waals surface area contributed by atoms with E-state index in [1.807, 2.05) is 0 Å². The van der Waals surface area contributed by atoms with E-state index >= 15 is 0 Å². The van der Waals surface area contributed by atoms with E-state index in [0.29, 0.717) is 12.0 Å². The van der Waals surface area contributed by atoms with Gasteiger partial charge in [-0.15, -0.1) is 0 Å². The highest BCUT2D eigenvalue weighted by molar-refractivity contribution is 5.89. The molecule has 0 aromatic rings. The van der Waals surface area contributed by atoms with Crippen LogP contribution in [0.15, 0.2) is 23.2 Å². The molecule has 0 aromatic heterocycles. The van der Waals surface area contributed by atoms with Crippen LogP contribution in [0.4, 0.5) is 0 Å². The second-order valence-corrected chi connectivity index (χ2v) is 4.00. The SMILES string of the molecule is CC(C)OC(=O)C1=CC(O)=C(O)C(C)C1. The van der Waals surface area contributed by atoms with Gasteiger partial charge < -0.3 is 14.9 Å². The molecule has 1 unspecified atom stereocenters. The Bertz CT molecular complexity index is 325. The molecule has 15 heavy (non-hydrogen) atoms. The summed E-state index contributed by atoms with van der Waals surface area (Å²) in [5, 5.41) is 18.7. The second-order valence-electron chi connectivity index (χ2n) is 4.00. The minimum atomic E-state index is -0.434. The van der Waals surface area contributed by atoms with Crippen LogP contribution in [0.25, 0.3) is 0 Å². The Labute approximate surface area is 88.9 Å². The Morgan fingerprint density at radius 2 is 2.13 bits per heavy atom. The lowest BCUT2D eigenvalue weighted by atomic mass is 9.93. The molecule has 1 aliphatic carbocycles. The van der Waals surface area contributed by atoms with Gasteiger partial charge in [-0.25, -0.2) is 4.79 Å². The molecule has 0 amide bonds. The van der Waals surface area contributed by atoms with Gasteiger partial charge in [0.1, 0.15) is 5.76 Å². The van der Waals surface area contributed by atoms with E-state index in [1.165, 1.54) is 6.08 Å². The van der Waals surface area contributed by atoms with E-state index in [9.17, 15) is 15.0 Å². The number of esters is 1. The summed E-state index contributed by atoms with van der Waals surface area (Å²) < 4.78 is 5.00. The average Bonchev–Trinajstić information content (AvgIpc) is 2.12. The van der Waals surface area contributed by atoms with E-state index in [4.69, 9.17) is 4.74 Å². The summed E-state index contributed by atoms with van der Waals surface area (Å²) in [5.41, 5.74) is 0.395. The van der Waals surface area contributed by atoms with Gasteiger partial charge in [0.15, 0.2) is 5.76 Å². The van der Waals surface area contributed by atoms with Crippen LogP contribution in [-0.2, 0) is 9.53 Å². The highest BCUT2D eigenvalue weighted by Crippen LogP contribution is 2.27. The number of aliphatic hydroxyl groups excluding tert-OH is 2. The summed E-state index contributed by atoms with van der Waals surface area (Å²) in [6.45, 7) is 5.26. The third-order valence-corrected chi connectivity index (χ3v) is 2.17. The van der Waals surface area contributed by atoms with Crippen LogP contribution in [0.2, 0.25) is 0 Å². The summed E-state index contributed by atoms with van der Waals surface area (Å²) in [6.07, 6.45) is 1.47. The normalized spacial score (nSPS) is 21.6. The smallest absolute Gasteiger partial charge is 0.334 e. The molecule has 1 atom stereocenters. The maximum absolute atomic E-state index is 11.5. The van der Waals surface area contributed by atoms with Crippen molar-refractivity contribution in [2.75, 3.05) is 0 Å². The Kier molecular flexibility index (Phi) is 3.39. The molecule has 1 aliphatic rings. The molecule has 0 bridgehead atoms. The lowest BCUT2D eigenvalue weighted by Crippen LogP contribution is -2.19. The Morgan fingerprint density at radius 3 is 2.60 bits per heavy atom. The van der Waals surface area contributed by atoms with Crippen molar-refractivity contribution < 1.29 is 19.7 Å². The summed E-state index contributed by atoms with van der Waals surface area (Å²) >= 11 is 0. The van der Waals surface area contributed by atoms with Crippen LogP contribution >= 0.6 is 0 Å². The van der Waals surface area contributed by atoms with Crippen molar-refractivity contribution in [2.45, 2.75) is 33.3 Å². The molecule has 4 nitrogen and oxygen atoms in total. The summed E-state index contributed by atoms with van der Waals surface area (Å²) in [6, 6.07) is 0. The molecule has 0 spiro atoms. The van der Waals surface area contributed by atoms with E-state index in [2.05, 4.69) is 0 Å². The molecule has 0 aliphatic heterocycles. The first-order valence-corrected chi connectivity index (χ1v) is 4.95. The van der Waals surface area contributed by atoms with Crippen LogP contribution in [0.1, 0.15) is 27.2 Å². The fourth-order valence-corrected chi connectivity index (χ4v) is 1.41. The summed E-state index contributed by atoms with van der Waals surface area (Å²) in [4.78, 5) is 11.5. The monoisotopic (exact) mass is 212 g/mol. The van der Waals surface area contributed by atoms with Crippen molar-refractivity contribution in [3.8, 4) is 0 Å². The van der Waals surface area contributed by atoms with Crippen molar-refractivity contribution in [1.82, 2.24) is 0 Å². The quantitative estimate of drug-likeness (QED) is 0.689. The standard InChI is InChI=1S/C11H16O4/c1-6(2)15-11(14)8-4-7(3)10(13)9(12)5-8/h5-7,12-13H,4H2,1-3H3. The number of aliphatic hydroxyl groups is 2. The molecular formula is C11H16O4. The first kappa shape index (κ1) is 11.6. The molecule has 4 heteroatoms. The fraction of sp³-hybridized carbons (Fsp3) is 0.545. The zero-order valence-corrected chi connectivity index (χ0v) is 9.15. The fourth-order valence-electron chi connectivity index (χ4n) is 1.41. The van der Waals surface area contributed by atoms with Crippen LogP contribution in [0.3, 0.4) is 0 Å². The van der Waals surface area contributed by atoms with Gasteiger partial charge in [0, 0.05) is 11.5 Å². The highest BCUT2D eigenvalue weighted by atomic mass is 16.5. The molecule has 1 rings (SSSR count). The lowest BCUT2D eigenvalue weighted by Gasteiger charge is -2.19. The number of allylic oxidation sites excluding steroid dienone is 2. The Balaban J connectivity index is 2.81. The van der Waals surface area contributed by atoms with Crippen molar-refractivity contribution in [1.29, 1.82) is 0 Å². The minimum absolute atomic E-state index is 0.0731. The van der Waals surface area contributed by atoms with Crippen LogP contribution in [-0.4, -0.2) is 22.3 Å². The first-order chi connectivity index (χ1) is 6.91. The maximum atomic E-state index is 11.5. The molecule has 0 saturated heterocycles. The third-order valence-electron chi connectivity index (χ3n) is 2.17. The zero-order valence-electron chi connectivity index (χ0n) is 9.15. The molecule has 84 valence electrons. The van der Waals surface area contributed by atoms with E-state index < -0.39 is 5.97 Å². The maximum Gasteiger partial charge on any atom is 0.334 e. The van der Waals surface area contributed by atoms with Gasteiger partial charge in [0.2, 0.25) is 0 Å². The van der Waals surface area contributed by atoms with Gasteiger partial charge in [-0.05, 0) is 26.3 Å². The topological polar surface area (TPSA) is 66.8 Å². The molecular weight excluding hydrogens is 196 g/mol. The second kappa shape index (κ2) is 4.38. The number of hydrogen-bond acceptors (Lipinski definition) is 4. The van der Waals surface area contributed by atoms with Gasteiger partial charge in [0.25, 0.3) is 0 Å². The van der Waals surface area contributed by atoms with Gasteiger partial charge in [-0.2, -0.15) is 0 Å². The summed E-state index contributed by atoms with van der Waals surface area (Å²) in [7, 11) is 0. The Morgan fingerprint density at radius 1 is 1.53 bits per heavy atom. The molecule has 2 N–H and O–H groups in total. The Hall–Kier alpha value is -1.45. The lowest BCUT2D eigenvalue weighted by molar-refractivity contribution is -0.143. The van der Waals surface area contributed by atoms with E-state index in [1.54, 1.807) is 20.8 Å². The van der Waals surface area contributed by atoms with Crippen molar-refractivity contribution in [3.05, 3.63) is 23.2 Å². The number of carbonyl (C=O) groups is 1. The molecule has 0 radical (unpaired) electrons. The number of hydrogen-bond donors (Lipinski definition) is 2. The minimum Gasteiger partial charge on any atom is -0.508 e. The largest absolute Gasteiger partial charge is 0.508 e. The molecule has 0 saturated carbocycles. The predicted molar refractivity (Wildman–Crippen MR) is 55.4 cm³/mol. The predicted octanol–water partition coefficient (Wildman–Crippen LogP) is 2.23. The van der Waals surface area contributed by atoms with Crippen molar-refractivity contribution in [3.63, 3.8) is 0 Å². The van der Waals surface area contributed by atoms with Crippen molar-refractivity contribution in [2.24, 2.45) is 5.92 Å². The number of rotatable bonds is 2. The van der Waals surface area contributed by atoms with E-state index in [-0.39, 0.29) is 23.5 Å². The van der Waals surface area contributed by atoms with Gasteiger partial charge in [0.05, 0.1) is 6.10 Å². The van der Waals surface area contributed by atoms with Crippen LogP contribution in [0, 0.1) is 5.92 Å². The molecule has 0 fully saturated rings. The molecule has 0 aromatic carbocycles. The van der Waals surface area contributed by atoms with Crippen molar-refractivity contribution >= 4 is 5.97 Å². The van der Waals surface area contributed by atoms with Gasteiger partial charge >= 0.3 is 5.97 Å². The van der Waals surface area contributed by atoms with Gasteiger partial charge in [-0.1, -0.05) is 6.92 Å². The summed E-state index contributed by atoms with van der Waals surface area (Å²) in [5.74, 6) is -0.999. The first-order valence-electron chi connectivity index (χ1n) is 4.95. The molecule has 0 heterocycles. The van der Waals surface area contributed by atoms with Crippen LogP contribution < -0.4 is 0 Å². The van der Waals surface area contributed by atoms with Gasteiger partial charge in [-0.3, -0.25) is 0 Å². The number of carbonyl (C=O) groups excluding carboxylic acids is 1. The highest BCUT2D eigenvalue weighted by Gasteiger charge is 2.24. The number of ether oxygens (including phenoxy) is 1. The van der Waals surface area contributed by atoms with Crippen LogP contribution in [0.5, 0.6) is 0 Å². The third kappa shape index (κ3) is 2.75. The average molecular weight is 212 g/mol.